The average Bonchev–Trinajstić information content (AvgIpc) is 2.68. The van der Waals surface area contributed by atoms with E-state index in [1.54, 1.807) is 6.20 Å². The van der Waals surface area contributed by atoms with Gasteiger partial charge in [0.15, 0.2) is 0 Å². The molecule has 0 unspecified atom stereocenters. The molecule has 0 N–H and O–H groups in total. The maximum Gasteiger partial charge on any atom is 0.267 e. The normalized spacial score (nSPS) is 13.8. The first-order chi connectivity index (χ1) is 9.91. The summed E-state index contributed by atoms with van der Waals surface area (Å²) in [7, 11) is 0. The van der Waals surface area contributed by atoms with Gasteiger partial charge >= 0.3 is 0 Å². The lowest BCUT2D eigenvalue weighted by molar-refractivity contribution is 0.0924. The number of anilines is 1. The number of aromatic nitrogens is 1. The summed E-state index contributed by atoms with van der Waals surface area (Å²) in [5.41, 5.74) is 3.37. The minimum atomic E-state index is -0.297. The number of pyridine rings is 1. The molecule has 0 saturated carbocycles. The van der Waals surface area contributed by atoms with Crippen LogP contribution in [0.25, 0.3) is 0 Å². The second-order valence-electron chi connectivity index (χ2n) is 5.19. The summed E-state index contributed by atoms with van der Waals surface area (Å²) in [6.07, 6.45) is 1.59. The lowest BCUT2D eigenvalue weighted by Gasteiger charge is -2.15. The van der Waals surface area contributed by atoms with E-state index < -0.39 is 0 Å². The smallest absolute Gasteiger partial charge is 0.267 e. The van der Waals surface area contributed by atoms with Crippen molar-refractivity contribution in [3.05, 3.63) is 56.7 Å². The molecule has 2 heterocycles. The number of imide groups is 1. The largest absolute Gasteiger partial charge is 0.268 e. The standard InChI is InChI=1S/C16H13BrN2O2/c1-8-4-5-9(2)13-12(8)15(20)19(16(13)21)14-10(3)6-11(17)7-18-14/h4-7H,1-3H3. The van der Waals surface area contributed by atoms with Gasteiger partial charge in [-0.2, -0.15) is 0 Å². The monoisotopic (exact) mass is 344 g/mol. The number of carbonyl (C=O) groups is 2. The van der Waals surface area contributed by atoms with Gasteiger partial charge in [0, 0.05) is 10.7 Å². The van der Waals surface area contributed by atoms with Gasteiger partial charge in [-0.3, -0.25) is 9.59 Å². The van der Waals surface area contributed by atoms with Crippen molar-refractivity contribution in [3.63, 3.8) is 0 Å². The molecule has 5 heteroatoms. The Morgan fingerprint density at radius 1 is 0.952 bits per heavy atom. The van der Waals surface area contributed by atoms with Gasteiger partial charge < -0.3 is 0 Å². The number of aryl methyl sites for hydroxylation is 3. The van der Waals surface area contributed by atoms with Crippen LogP contribution in [0.1, 0.15) is 37.4 Å². The summed E-state index contributed by atoms with van der Waals surface area (Å²) in [5, 5.41) is 0. The summed E-state index contributed by atoms with van der Waals surface area (Å²) in [5.74, 6) is -0.202. The highest BCUT2D eigenvalue weighted by atomic mass is 79.9. The van der Waals surface area contributed by atoms with Gasteiger partial charge in [0.1, 0.15) is 5.82 Å². The molecule has 3 rings (SSSR count). The maximum absolute atomic E-state index is 12.7. The van der Waals surface area contributed by atoms with E-state index >= 15 is 0 Å². The van der Waals surface area contributed by atoms with Gasteiger partial charge in [-0.25, -0.2) is 9.88 Å². The zero-order valence-electron chi connectivity index (χ0n) is 11.9. The summed E-state index contributed by atoms with van der Waals surface area (Å²) in [6.45, 7) is 5.51. The van der Waals surface area contributed by atoms with Crippen molar-refractivity contribution in [2.45, 2.75) is 20.8 Å². The lowest BCUT2D eigenvalue weighted by atomic mass is 9.99. The van der Waals surface area contributed by atoms with E-state index in [2.05, 4.69) is 20.9 Å². The number of hydrogen-bond donors (Lipinski definition) is 0. The number of rotatable bonds is 1. The first-order valence-corrected chi connectivity index (χ1v) is 7.32. The Morgan fingerprint density at radius 2 is 1.48 bits per heavy atom. The molecule has 0 spiro atoms. The molecule has 0 radical (unpaired) electrons. The molecule has 1 aromatic heterocycles. The molecular formula is C16H13BrN2O2. The van der Waals surface area contributed by atoms with Crippen molar-refractivity contribution in [2.75, 3.05) is 4.90 Å². The SMILES string of the molecule is Cc1cc(Br)cnc1N1C(=O)c2c(C)ccc(C)c2C1=O. The molecule has 2 amide bonds. The van der Waals surface area contributed by atoms with Gasteiger partial charge in [-0.1, -0.05) is 12.1 Å². The van der Waals surface area contributed by atoms with Crippen molar-refractivity contribution in [3.8, 4) is 0 Å². The number of fused-ring (bicyclic) bond motifs is 1. The lowest BCUT2D eigenvalue weighted by Crippen LogP contribution is -2.31. The fraction of sp³-hybridized carbons (Fsp3) is 0.188. The van der Waals surface area contributed by atoms with Crippen molar-refractivity contribution in [1.29, 1.82) is 0 Å². The number of nitrogens with zero attached hydrogens (tertiary/aromatic N) is 2. The van der Waals surface area contributed by atoms with Crippen molar-refractivity contribution in [1.82, 2.24) is 4.98 Å². The first-order valence-electron chi connectivity index (χ1n) is 6.53. The van der Waals surface area contributed by atoms with Crippen LogP contribution >= 0.6 is 15.9 Å². The van der Waals surface area contributed by atoms with E-state index in [9.17, 15) is 9.59 Å². The van der Waals surface area contributed by atoms with Gasteiger partial charge in [0.05, 0.1) is 11.1 Å². The number of amides is 2. The molecule has 4 nitrogen and oxygen atoms in total. The zero-order chi connectivity index (χ0) is 15.3. The molecule has 2 aromatic rings. The molecule has 0 aliphatic carbocycles. The number of benzene rings is 1. The Balaban J connectivity index is 2.21. The predicted molar refractivity (Wildman–Crippen MR) is 83.7 cm³/mol. The molecular weight excluding hydrogens is 332 g/mol. The topological polar surface area (TPSA) is 50.3 Å². The summed E-state index contributed by atoms with van der Waals surface area (Å²) < 4.78 is 0.813. The van der Waals surface area contributed by atoms with Gasteiger partial charge in [0.2, 0.25) is 0 Å². The summed E-state index contributed by atoms with van der Waals surface area (Å²) >= 11 is 3.34. The van der Waals surface area contributed by atoms with Crippen LogP contribution in [0.15, 0.2) is 28.9 Å². The average molecular weight is 345 g/mol. The Morgan fingerprint density at radius 3 is 1.95 bits per heavy atom. The summed E-state index contributed by atoms with van der Waals surface area (Å²) in [6, 6.07) is 5.57. The van der Waals surface area contributed by atoms with Crippen molar-refractivity contribution >= 4 is 33.6 Å². The fourth-order valence-electron chi connectivity index (χ4n) is 2.64. The van der Waals surface area contributed by atoms with E-state index in [-0.39, 0.29) is 11.8 Å². The number of carbonyl (C=O) groups excluding carboxylic acids is 2. The van der Waals surface area contributed by atoms with Crippen LogP contribution < -0.4 is 4.90 Å². The number of hydrogen-bond acceptors (Lipinski definition) is 3. The van der Waals surface area contributed by atoms with Gasteiger partial charge in [-0.05, 0) is 59.5 Å². The first kappa shape index (κ1) is 13.9. The van der Waals surface area contributed by atoms with Crippen LogP contribution in [0.4, 0.5) is 5.82 Å². The maximum atomic E-state index is 12.7. The second-order valence-corrected chi connectivity index (χ2v) is 6.10. The van der Waals surface area contributed by atoms with Crippen LogP contribution in [0.5, 0.6) is 0 Å². The van der Waals surface area contributed by atoms with Crippen molar-refractivity contribution < 1.29 is 9.59 Å². The Hall–Kier alpha value is -2.01. The van der Waals surface area contributed by atoms with Crippen LogP contribution in [0.2, 0.25) is 0 Å². The molecule has 21 heavy (non-hydrogen) atoms. The molecule has 106 valence electrons. The third kappa shape index (κ3) is 2.00. The van der Waals surface area contributed by atoms with Crippen LogP contribution in [0, 0.1) is 20.8 Å². The minimum absolute atomic E-state index is 0.297. The molecule has 1 aliphatic rings. The van der Waals surface area contributed by atoms with Crippen LogP contribution in [0.3, 0.4) is 0 Å². The Bertz CT molecular complexity index is 758. The van der Waals surface area contributed by atoms with E-state index in [1.165, 1.54) is 4.90 Å². The molecule has 0 bridgehead atoms. The third-order valence-corrected chi connectivity index (χ3v) is 4.12. The quantitative estimate of drug-likeness (QED) is 0.743. The zero-order valence-corrected chi connectivity index (χ0v) is 13.5. The molecule has 1 aromatic carbocycles. The summed E-state index contributed by atoms with van der Waals surface area (Å²) in [4.78, 5) is 30.8. The second kappa shape index (κ2) is 4.77. The van der Waals surface area contributed by atoms with Crippen LogP contribution in [-0.2, 0) is 0 Å². The highest BCUT2D eigenvalue weighted by Gasteiger charge is 2.40. The van der Waals surface area contributed by atoms with E-state index in [0.29, 0.717) is 16.9 Å². The number of halogens is 1. The van der Waals surface area contributed by atoms with Crippen molar-refractivity contribution in [2.24, 2.45) is 0 Å². The van der Waals surface area contributed by atoms with E-state index in [0.717, 1.165) is 21.2 Å². The predicted octanol–water partition coefficient (Wildman–Crippen LogP) is 3.57. The van der Waals surface area contributed by atoms with Gasteiger partial charge in [0.25, 0.3) is 11.8 Å². The van der Waals surface area contributed by atoms with Gasteiger partial charge in [-0.15, -0.1) is 0 Å². The Kier molecular flexibility index (Phi) is 3.17. The Labute approximate surface area is 130 Å². The molecule has 1 aliphatic heterocycles. The fourth-order valence-corrected chi connectivity index (χ4v) is 3.08. The molecule has 0 atom stereocenters. The highest BCUT2D eigenvalue weighted by Crippen LogP contribution is 2.33. The molecule has 0 saturated heterocycles. The van der Waals surface area contributed by atoms with E-state index in [1.807, 2.05) is 39.0 Å². The van der Waals surface area contributed by atoms with E-state index in [4.69, 9.17) is 0 Å². The molecule has 0 fully saturated rings. The highest BCUT2D eigenvalue weighted by molar-refractivity contribution is 9.10. The minimum Gasteiger partial charge on any atom is -0.268 e. The van der Waals surface area contributed by atoms with Crippen LogP contribution in [-0.4, -0.2) is 16.8 Å². The third-order valence-electron chi connectivity index (χ3n) is 3.68.